The van der Waals surface area contributed by atoms with Gasteiger partial charge in [-0.2, -0.15) is 0 Å². The van der Waals surface area contributed by atoms with Crippen LogP contribution in [-0.2, 0) is 0 Å². The molecule has 0 aliphatic carbocycles. The molecule has 0 saturated heterocycles. The third-order valence-corrected chi connectivity index (χ3v) is 3.55. The van der Waals surface area contributed by atoms with Crippen molar-refractivity contribution in [2.45, 2.75) is 20.0 Å². The lowest BCUT2D eigenvalue weighted by atomic mass is 10.1. The van der Waals surface area contributed by atoms with Crippen molar-refractivity contribution >= 4 is 5.69 Å². The molecule has 0 radical (unpaired) electrons. The lowest BCUT2D eigenvalue weighted by Crippen LogP contribution is -2.24. The Bertz CT molecular complexity index is 566. The summed E-state index contributed by atoms with van der Waals surface area (Å²) in [5.74, 6) is 0.834. The predicted octanol–water partition coefficient (Wildman–Crippen LogP) is 3.56. The fourth-order valence-electron chi connectivity index (χ4n) is 2.41. The Morgan fingerprint density at radius 1 is 1.10 bits per heavy atom. The average Bonchev–Trinajstić information content (AvgIpc) is 2.48. The standard InChI is InChI=1S/C18H23NO2/c1-4-21-16-11-9-15(10-12-16)18(20)13-19(3)17-8-6-5-7-14(17)2/h5-12,18,20H,4,13H2,1-3H3. The van der Waals surface area contributed by atoms with Crippen LogP contribution in [0.25, 0.3) is 0 Å². The third-order valence-electron chi connectivity index (χ3n) is 3.55. The lowest BCUT2D eigenvalue weighted by molar-refractivity contribution is 0.185. The number of hydrogen-bond donors (Lipinski definition) is 1. The van der Waals surface area contributed by atoms with Crippen molar-refractivity contribution in [3.05, 3.63) is 59.7 Å². The zero-order valence-electron chi connectivity index (χ0n) is 12.9. The quantitative estimate of drug-likeness (QED) is 0.881. The number of hydrogen-bond acceptors (Lipinski definition) is 3. The highest BCUT2D eigenvalue weighted by Gasteiger charge is 2.12. The number of aliphatic hydroxyl groups is 1. The summed E-state index contributed by atoms with van der Waals surface area (Å²) in [7, 11) is 2.00. The Balaban J connectivity index is 2.03. The lowest BCUT2D eigenvalue weighted by Gasteiger charge is -2.24. The van der Waals surface area contributed by atoms with E-state index >= 15 is 0 Å². The molecule has 2 aromatic rings. The summed E-state index contributed by atoms with van der Waals surface area (Å²) in [6.07, 6.45) is -0.523. The first kappa shape index (κ1) is 15.4. The van der Waals surface area contributed by atoms with Gasteiger partial charge in [0.2, 0.25) is 0 Å². The second kappa shape index (κ2) is 7.14. The summed E-state index contributed by atoms with van der Waals surface area (Å²) in [5, 5.41) is 10.4. The van der Waals surface area contributed by atoms with Crippen LogP contribution in [0.2, 0.25) is 0 Å². The highest BCUT2D eigenvalue weighted by atomic mass is 16.5. The molecule has 0 fully saturated rings. The monoisotopic (exact) mass is 285 g/mol. The van der Waals surface area contributed by atoms with Gasteiger partial charge >= 0.3 is 0 Å². The van der Waals surface area contributed by atoms with Crippen LogP contribution in [0.15, 0.2) is 48.5 Å². The van der Waals surface area contributed by atoms with Gasteiger partial charge in [-0.05, 0) is 43.2 Å². The topological polar surface area (TPSA) is 32.7 Å². The maximum atomic E-state index is 10.4. The van der Waals surface area contributed by atoms with Crippen LogP contribution < -0.4 is 9.64 Å². The summed E-state index contributed by atoms with van der Waals surface area (Å²) in [6.45, 7) is 5.24. The van der Waals surface area contributed by atoms with Crippen molar-refractivity contribution in [2.24, 2.45) is 0 Å². The van der Waals surface area contributed by atoms with E-state index in [1.54, 1.807) is 0 Å². The van der Waals surface area contributed by atoms with Gasteiger partial charge in [-0.15, -0.1) is 0 Å². The molecule has 0 bridgehead atoms. The van der Waals surface area contributed by atoms with Crippen LogP contribution in [0.5, 0.6) is 5.75 Å². The first-order valence-electron chi connectivity index (χ1n) is 7.29. The summed E-state index contributed by atoms with van der Waals surface area (Å²) in [5.41, 5.74) is 3.25. The fraction of sp³-hybridized carbons (Fsp3) is 0.333. The van der Waals surface area contributed by atoms with Gasteiger partial charge in [0.1, 0.15) is 5.75 Å². The highest BCUT2D eigenvalue weighted by Crippen LogP contribution is 2.23. The maximum Gasteiger partial charge on any atom is 0.119 e. The van der Waals surface area contributed by atoms with Crippen LogP contribution in [0.4, 0.5) is 5.69 Å². The molecule has 2 rings (SSSR count). The van der Waals surface area contributed by atoms with E-state index in [1.165, 1.54) is 5.56 Å². The van der Waals surface area contributed by atoms with Crippen molar-refractivity contribution in [2.75, 3.05) is 25.1 Å². The molecule has 3 heteroatoms. The number of ether oxygens (including phenoxy) is 1. The van der Waals surface area contributed by atoms with Crippen LogP contribution in [0.3, 0.4) is 0 Å². The third kappa shape index (κ3) is 3.99. The van der Waals surface area contributed by atoms with Gasteiger partial charge < -0.3 is 14.7 Å². The van der Waals surface area contributed by atoms with E-state index in [0.29, 0.717) is 13.2 Å². The molecule has 3 nitrogen and oxygen atoms in total. The number of benzene rings is 2. The largest absolute Gasteiger partial charge is 0.494 e. The van der Waals surface area contributed by atoms with Gasteiger partial charge in [-0.1, -0.05) is 30.3 Å². The van der Waals surface area contributed by atoms with Crippen LogP contribution >= 0.6 is 0 Å². The first-order chi connectivity index (χ1) is 10.1. The average molecular weight is 285 g/mol. The minimum atomic E-state index is -0.523. The van der Waals surface area contributed by atoms with E-state index < -0.39 is 6.10 Å². The second-order valence-corrected chi connectivity index (χ2v) is 5.18. The molecular weight excluding hydrogens is 262 g/mol. The molecule has 2 aromatic carbocycles. The molecule has 0 amide bonds. The van der Waals surface area contributed by atoms with Gasteiger partial charge in [0.05, 0.1) is 12.7 Å². The fourth-order valence-corrected chi connectivity index (χ4v) is 2.41. The summed E-state index contributed by atoms with van der Waals surface area (Å²) < 4.78 is 5.41. The normalized spacial score (nSPS) is 12.0. The van der Waals surface area contributed by atoms with Crippen molar-refractivity contribution in [1.82, 2.24) is 0 Å². The van der Waals surface area contributed by atoms with Gasteiger partial charge in [-0.25, -0.2) is 0 Å². The first-order valence-corrected chi connectivity index (χ1v) is 7.29. The molecule has 0 saturated carbocycles. The number of likely N-dealkylation sites (N-methyl/N-ethyl adjacent to an activating group) is 1. The Hall–Kier alpha value is -2.00. The molecule has 21 heavy (non-hydrogen) atoms. The summed E-state index contributed by atoms with van der Waals surface area (Å²) in [6, 6.07) is 15.8. The van der Waals surface area contributed by atoms with Crippen LogP contribution in [0.1, 0.15) is 24.2 Å². The van der Waals surface area contributed by atoms with E-state index in [1.807, 2.05) is 50.4 Å². The predicted molar refractivity (Wildman–Crippen MR) is 87.0 cm³/mol. The van der Waals surface area contributed by atoms with Crippen LogP contribution in [-0.4, -0.2) is 25.3 Å². The van der Waals surface area contributed by atoms with E-state index in [9.17, 15) is 5.11 Å². The number of anilines is 1. The molecule has 0 aliphatic heterocycles. The molecule has 0 aromatic heterocycles. The Kier molecular flexibility index (Phi) is 5.23. The van der Waals surface area contributed by atoms with E-state index in [2.05, 4.69) is 24.0 Å². The van der Waals surface area contributed by atoms with Gasteiger partial charge in [0.15, 0.2) is 0 Å². The van der Waals surface area contributed by atoms with Crippen molar-refractivity contribution in [3.8, 4) is 5.75 Å². The molecule has 1 N–H and O–H groups in total. The SMILES string of the molecule is CCOc1ccc(C(O)CN(C)c2ccccc2C)cc1. The second-order valence-electron chi connectivity index (χ2n) is 5.18. The molecule has 112 valence electrons. The minimum absolute atomic E-state index is 0.523. The van der Waals surface area contributed by atoms with E-state index in [4.69, 9.17) is 4.74 Å². The molecular formula is C18H23NO2. The zero-order chi connectivity index (χ0) is 15.2. The number of rotatable bonds is 6. The molecule has 1 unspecified atom stereocenters. The van der Waals surface area contributed by atoms with Gasteiger partial charge in [-0.3, -0.25) is 0 Å². The zero-order valence-corrected chi connectivity index (χ0v) is 12.9. The summed E-state index contributed by atoms with van der Waals surface area (Å²) >= 11 is 0. The van der Waals surface area contributed by atoms with Gasteiger partial charge in [0, 0.05) is 19.3 Å². The van der Waals surface area contributed by atoms with Crippen LogP contribution in [0, 0.1) is 6.92 Å². The smallest absolute Gasteiger partial charge is 0.119 e. The van der Waals surface area contributed by atoms with Crippen molar-refractivity contribution in [3.63, 3.8) is 0 Å². The van der Waals surface area contributed by atoms with E-state index in [-0.39, 0.29) is 0 Å². The van der Waals surface area contributed by atoms with Crippen molar-refractivity contribution < 1.29 is 9.84 Å². The Morgan fingerprint density at radius 3 is 2.38 bits per heavy atom. The Morgan fingerprint density at radius 2 is 1.76 bits per heavy atom. The van der Waals surface area contributed by atoms with Gasteiger partial charge in [0.25, 0.3) is 0 Å². The highest BCUT2D eigenvalue weighted by molar-refractivity contribution is 5.52. The molecule has 0 spiro atoms. The Labute approximate surface area is 126 Å². The number of nitrogens with zero attached hydrogens (tertiary/aromatic N) is 1. The van der Waals surface area contributed by atoms with E-state index in [0.717, 1.165) is 17.0 Å². The molecule has 0 heterocycles. The number of aliphatic hydroxyl groups excluding tert-OH is 1. The van der Waals surface area contributed by atoms with Crippen molar-refractivity contribution in [1.29, 1.82) is 0 Å². The summed E-state index contributed by atoms with van der Waals surface area (Å²) in [4.78, 5) is 2.08. The molecule has 0 aliphatic rings. The molecule has 1 atom stereocenters. The maximum absolute atomic E-state index is 10.4. The number of para-hydroxylation sites is 1. The number of aryl methyl sites for hydroxylation is 1. The minimum Gasteiger partial charge on any atom is -0.494 e.